The fourth-order valence-corrected chi connectivity index (χ4v) is 1.05. The molecule has 0 spiro atoms. The maximum absolute atomic E-state index is 11.6. The van der Waals surface area contributed by atoms with Crippen molar-refractivity contribution in [1.29, 1.82) is 0 Å². The molecule has 0 saturated carbocycles. The topological polar surface area (TPSA) is 78.4 Å². The number of hydrogen-bond acceptors (Lipinski definition) is 5. The summed E-state index contributed by atoms with van der Waals surface area (Å²) in [4.78, 5) is 15.6. The van der Waals surface area contributed by atoms with Crippen LogP contribution in [0.3, 0.4) is 0 Å². The number of ether oxygens (including phenoxy) is 1. The third-order valence-electron chi connectivity index (χ3n) is 1.60. The number of hydrogen-bond donors (Lipinski definition) is 1. The lowest BCUT2D eigenvalue weighted by molar-refractivity contribution is 0.00334. The zero-order valence-electron chi connectivity index (χ0n) is 9.46. The van der Waals surface area contributed by atoms with Crippen LogP contribution < -0.4 is 5.73 Å². The lowest BCUT2D eigenvalue weighted by atomic mass is 10.2. The van der Waals surface area contributed by atoms with Gasteiger partial charge in [-0.15, -0.1) is 0 Å². The van der Waals surface area contributed by atoms with E-state index in [4.69, 9.17) is 14.9 Å². The predicted octanol–water partition coefficient (Wildman–Crippen LogP) is 1.40. The molecule has 0 atom stereocenters. The fourth-order valence-electron chi connectivity index (χ4n) is 1.05. The van der Waals surface area contributed by atoms with Crippen molar-refractivity contribution in [1.82, 2.24) is 4.98 Å². The number of aromatic nitrogens is 1. The van der Waals surface area contributed by atoms with Gasteiger partial charge in [0.2, 0.25) is 11.7 Å². The van der Waals surface area contributed by atoms with E-state index in [9.17, 15) is 4.79 Å². The van der Waals surface area contributed by atoms with Gasteiger partial charge >= 0.3 is 5.97 Å². The number of aryl methyl sites for hydroxylation is 1. The molecule has 0 fully saturated rings. The van der Waals surface area contributed by atoms with E-state index < -0.39 is 11.6 Å². The van der Waals surface area contributed by atoms with E-state index in [1.165, 1.54) is 0 Å². The Morgan fingerprint density at radius 1 is 1.53 bits per heavy atom. The largest absolute Gasteiger partial charge is 0.454 e. The summed E-state index contributed by atoms with van der Waals surface area (Å²) in [5, 5.41) is 0. The van der Waals surface area contributed by atoms with E-state index in [2.05, 4.69) is 4.98 Å². The molecule has 2 N–H and O–H groups in total. The van der Waals surface area contributed by atoms with Crippen LogP contribution in [-0.2, 0) is 11.3 Å². The highest BCUT2D eigenvalue weighted by Gasteiger charge is 2.23. The zero-order chi connectivity index (χ0) is 11.6. The van der Waals surface area contributed by atoms with Gasteiger partial charge in [0.1, 0.15) is 5.60 Å². The van der Waals surface area contributed by atoms with Gasteiger partial charge in [-0.1, -0.05) is 0 Å². The quantitative estimate of drug-likeness (QED) is 0.749. The standard InChI is InChI=1S/C10H16N2O3/c1-6-8(14-7(5-11)12-6)9(13)15-10(2,3)4/h5,11H2,1-4H3. The van der Waals surface area contributed by atoms with Gasteiger partial charge in [-0.3, -0.25) is 0 Å². The Hall–Kier alpha value is -1.36. The Kier molecular flexibility index (Phi) is 3.14. The minimum atomic E-state index is -0.542. The lowest BCUT2D eigenvalue weighted by Gasteiger charge is -2.18. The average Bonchev–Trinajstić information content (AvgIpc) is 2.43. The van der Waals surface area contributed by atoms with Crippen LogP contribution in [0.25, 0.3) is 0 Å². The second kappa shape index (κ2) is 4.02. The minimum absolute atomic E-state index is 0.130. The van der Waals surface area contributed by atoms with E-state index in [1.807, 2.05) is 0 Å². The summed E-state index contributed by atoms with van der Waals surface area (Å²) >= 11 is 0. The number of carbonyl (C=O) groups excluding carboxylic acids is 1. The van der Waals surface area contributed by atoms with Crippen molar-refractivity contribution in [3.05, 3.63) is 17.3 Å². The van der Waals surface area contributed by atoms with Gasteiger partial charge < -0.3 is 14.9 Å². The molecule has 5 nitrogen and oxygen atoms in total. The Morgan fingerprint density at radius 3 is 2.53 bits per heavy atom. The fraction of sp³-hybridized carbons (Fsp3) is 0.600. The van der Waals surface area contributed by atoms with Crippen LogP contribution in [-0.4, -0.2) is 16.6 Å². The molecule has 0 unspecified atom stereocenters. The van der Waals surface area contributed by atoms with Crippen molar-refractivity contribution in [3.8, 4) is 0 Å². The van der Waals surface area contributed by atoms with Gasteiger partial charge in [0.25, 0.3) is 0 Å². The molecule has 84 valence electrons. The number of nitrogens with two attached hydrogens (primary N) is 1. The number of nitrogens with zero attached hydrogens (tertiary/aromatic N) is 1. The smallest absolute Gasteiger partial charge is 0.376 e. The number of rotatable bonds is 2. The molecular formula is C10H16N2O3. The summed E-state index contributed by atoms with van der Waals surface area (Å²) in [6.07, 6.45) is 0. The molecule has 1 aromatic heterocycles. The van der Waals surface area contributed by atoms with Crippen LogP contribution in [0.4, 0.5) is 0 Å². The van der Waals surface area contributed by atoms with Crippen LogP contribution >= 0.6 is 0 Å². The highest BCUT2D eigenvalue weighted by molar-refractivity contribution is 5.87. The molecule has 0 saturated heterocycles. The maximum atomic E-state index is 11.6. The highest BCUT2D eigenvalue weighted by atomic mass is 16.6. The molecule has 0 aliphatic carbocycles. The molecule has 0 aromatic carbocycles. The molecule has 5 heteroatoms. The first kappa shape index (κ1) is 11.7. The lowest BCUT2D eigenvalue weighted by Crippen LogP contribution is -2.24. The van der Waals surface area contributed by atoms with Crippen molar-refractivity contribution in [2.75, 3.05) is 0 Å². The summed E-state index contributed by atoms with van der Waals surface area (Å²) in [7, 11) is 0. The molecule has 0 bridgehead atoms. The predicted molar refractivity (Wildman–Crippen MR) is 54.3 cm³/mol. The molecule has 0 aliphatic heterocycles. The van der Waals surface area contributed by atoms with E-state index in [-0.39, 0.29) is 12.3 Å². The molecule has 0 radical (unpaired) electrons. The second-order valence-corrected chi connectivity index (χ2v) is 4.23. The Balaban J connectivity index is 2.87. The molecule has 1 heterocycles. The number of oxazole rings is 1. The van der Waals surface area contributed by atoms with Crippen LogP contribution in [0.15, 0.2) is 4.42 Å². The van der Waals surface area contributed by atoms with E-state index in [1.54, 1.807) is 27.7 Å². The SMILES string of the molecule is Cc1nc(CN)oc1C(=O)OC(C)(C)C. The third-order valence-corrected chi connectivity index (χ3v) is 1.60. The number of carbonyl (C=O) groups is 1. The molecule has 15 heavy (non-hydrogen) atoms. The van der Waals surface area contributed by atoms with Crippen LogP contribution in [0.1, 0.15) is 42.9 Å². The third kappa shape index (κ3) is 3.06. The van der Waals surface area contributed by atoms with Gasteiger partial charge in [0, 0.05) is 0 Å². The Labute approximate surface area is 88.6 Å². The summed E-state index contributed by atoms with van der Waals surface area (Å²) in [5.41, 5.74) is 5.31. The monoisotopic (exact) mass is 212 g/mol. The van der Waals surface area contributed by atoms with Gasteiger partial charge in [0.05, 0.1) is 12.2 Å². The second-order valence-electron chi connectivity index (χ2n) is 4.23. The summed E-state index contributed by atoms with van der Waals surface area (Å²) in [5.74, 6) is -0.0362. The van der Waals surface area contributed by atoms with Crippen LogP contribution in [0, 0.1) is 6.92 Å². The first-order valence-electron chi connectivity index (χ1n) is 4.73. The molecule has 1 aromatic rings. The van der Waals surface area contributed by atoms with Gasteiger partial charge in [-0.05, 0) is 27.7 Å². The summed E-state index contributed by atoms with van der Waals surface area (Å²) < 4.78 is 10.3. The van der Waals surface area contributed by atoms with Crippen molar-refractivity contribution in [2.45, 2.75) is 39.8 Å². The average molecular weight is 212 g/mol. The molecule has 0 aliphatic rings. The van der Waals surface area contributed by atoms with Gasteiger partial charge in [-0.25, -0.2) is 9.78 Å². The van der Waals surface area contributed by atoms with E-state index in [0.717, 1.165) is 0 Å². The Morgan fingerprint density at radius 2 is 2.13 bits per heavy atom. The van der Waals surface area contributed by atoms with Crippen LogP contribution in [0.2, 0.25) is 0 Å². The maximum Gasteiger partial charge on any atom is 0.376 e. The molecular weight excluding hydrogens is 196 g/mol. The van der Waals surface area contributed by atoms with Crippen molar-refractivity contribution in [2.24, 2.45) is 5.73 Å². The number of esters is 1. The highest BCUT2D eigenvalue weighted by Crippen LogP contribution is 2.15. The van der Waals surface area contributed by atoms with E-state index >= 15 is 0 Å². The van der Waals surface area contributed by atoms with Crippen molar-refractivity contribution < 1.29 is 13.9 Å². The summed E-state index contributed by atoms with van der Waals surface area (Å²) in [6, 6.07) is 0. The Bertz CT molecular complexity index is 363. The van der Waals surface area contributed by atoms with E-state index in [0.29, 0.717) is 11.6 Å². The van der Waals surface area contributed by atoms with Gasteiger partial charge in [0.15, 0.2) is 0 Å². The molecule has 0 amide bonds. The normalized spacial score (nSPS) is 11.5. The van der Waals surface area contributed by atoms with Crippen molar-refractivity contribution in [3.63, 3.8) is 0 Å². The van der Waals surface area contributed by atoms with Crippen LogP contribution in [0.5, 0.6) is 0 Å². The first-order valence-corrected chi connectivity index (χ1v) is 4.73. The van der Waals surface area contributed by atoms with Gasteiger partial charge in [-0.2, -0.15) is 0 Å². The first-order chi connectivity index (χ1) is 6.83. The summed E-state index contributed by atoms with van der Waals surface area (Å²) in [6.45, 7) is 7.23. The van der Waals surface area contributed by atoms with Crippen molar-refractivity contribution >= 4 is 5.97 Å². The zero-order valence-corrected chi connectivity index (χ0v) is 9.46. The minimum Gasteiger partial charge on any atom is -0.454 e. The molecule has 1 rings (SSSR count).